The van der Waals surface area contributed by atoms with Crippen LogP contribution >= 0.6 is 0 Å². The second kappa shape index (κ2) is 10.7. The Kier molecular flexibility index (Phi) is 6.76. The maximum absolute atomic E-state index is 12.9. The molecule has 2 aliphatic rings. The van der Waals surface area contributed by atoms with Gasteiger partial charge in [0, 0.05) is 30.6 Å². The first-order chi connectivity index (χ1) is 19.0. The predicted molar refractivity (Wildman–Crippen MR) is 148 cm³/mol. The maximum atomic E-state index is 12.9. The normalized spacial score (nSPS) is 15.4. The Morgan fingerprint density at radius 2 is 1.64 bits per heavy atom. The highest BCUT2D eigenvalue weighted by Crippen LogP contribution is 2.38. The first kappa shape index (κ1) is 24.7. The number of carbonyl (C=O) groups excluding carboxylic acids is 1. The topological polar surface area (TPSA) is 76.1 Å². The van der Waals surface area contributed by atoms with E-state index in [4.69, 9.17) is 14.6 Å². The smallest absolute Gasteiger partial charge is 0.304 e. The second-order valence-corrected chi connectivity index (χ2v) is 10.2. The first-order valence-electron chi connectivity index (χ1n) is 13.2. The molecule has 196 valence electrons. The van der Waals surface area contributed by atoms with Crippen molar-refractivity contribution in [2.24, 2.45) is 0 Å². The molecule has 0 unspecified atom stereocenters. The molecular weight excluding hydrogens is 490 g/mol. The Morgan fingerprint density at radius 1 is 0.846 bits per heavy atom. The molecule has 2 aliphatic heterocycles. The molecule has 1 N–H and O–H groups in total. The zero-order valence-corrected chi connectivity index (χ0v) is 21.5. The number of hydrogen-bond donors (Lipinski definition) is 1. The highest BCUT2D eigenvalue weighted by Gasteiger charge is 2.27. The van der Waals surface area contributed by atoms with Crippen molar-refractivity contribution in [1.82, 2.24) is 4.90 Å². The quantitative estimate of drug-likeness (QED) is 0.311. The summed E-state index contributed by atoms with van der Waals surface area (Å²) >= 11 is 0. The van der Waals surface area contributed by atoms with Crippen molar-refractivity contribution in [1.29, 1.82) is 0 Å². The summed E-state index contributed by atoms with van der Waals surface area (Å²) in [5, 5.41) is 9.10. The lowest BCUT2D eigenvalue weighted by Crippen LogP contribution is -2.26. The minimum atomic E-state index is -0.825. The molecule has 0 saturated carbocycles. The van der Waals surface area contributed by atoms with Crippen molar-refractivity contribution in [3.05, 3.63) is 119 Å². The number of rotatable bonds is 8. The van der Waals surface area contributed by atoms with Gasteiger partial charge in [0.05, 0.1) is 19.4 Å². The number of carboxylic acid groups (broad SMARTS) is 1. The van der Waals surface area contributed by atoms with Crippen LogP contribution in [-0.4, -0.2) is 28.5 Å². The van der Waals surface area contributed by atoms with Gasteiger partial charge in [0.15, 0.2) is 0 Å². The Bertz CT molecular complexity index is 1530. The fourth-order valence-electron chi connectivity index (χ4n) is 5.37. The van der Waals surface area contributed by atoms with Crippen LogP contribution in [0.15, 0.2) is 91.0 Å². The third kappa shape index (κ3) is 5.50. The van der Waals surface area contributed by atoms with Crippen LogP contribution in [0.2, 0.25) is 0 Å². The number of hydrogen-bond acceptors (Lipinski definition) is 4. The van der Waals surface area contributed by atoms with Gasteiger partial charge in [-0.05, 0) is 51.6 Å². The van der Waals surface area contributed by atoms with E-state index in [1.54, 1.807) is 0 Å². The Hall–Kier alpha value is -4.58. The summed E-state index contributed by atoms with van der Waals surface area (Å²) in [6.45, 7) is 2.06. The Labute approximate surface area is 227 Å². The minimum absolute atomic E-state index is 0.0602. The number of fused-ring (bicyclic) bond motifs is 2. The molecule has 0 saturated heterocycles. The number of ether oxygens (including phenoxy) is 2. The largest absolute Gasteiger partial charge is 0.492 e. The van der Waals surface area contributed by atoms with Gasteiger partial charge >= 0.3 is 5.97 Å². The molecule has 4 aromatic carbocycles. The molecule has 6 rings (SSSR count). The molecule has 0 radical (unpaired) electrons. The van der Waals surface area contributed by atoms with Gasteiger partial charge in [0.1, 0.15) is 18.1 Å². The van der Waals surface area contributed by atoms with Crippen molar-refractivity contribution < 1.29 is 24.2 Å². The highest BCUT2D eigenvalue weighted by atomic mass is 16.5. The van der Waals surface area contributed by atoms with E-state index in [9.17, 15) is 9.59 Å². The van der Waals surface area contributed by atoms with Crippen LogP contribution in [0.3, 0.4) is 0 Å². The van der Waals surface area contributed by atoms with Gasteiger partial charge < -0.3 is 19.5 Å². The molecule has 0 bridgehead atoms. The molecule has 1 atom stereocenters. The standard InChI is InChI=1S/C33H29NO5/c35-32(14-22-5-2-1-3-6-22)34-18-26-10-9-25(15-27(26)19-34)24-8-4-7-23(13-24)20-38-29-11-12-30-28(16-33(36)37)21-39-31(30)17-29/h1-13,15,17,28H,14,16,18-21H2,(H,36,37)/t28-/m1/s1. The number of nitrogens with zero attached hydrogens (tertiary/aromatic N) is 1. The number of aliphatic carboxylic acids is 1. The lowest BCUT2D eigenvalue weighted by atomic mass is 9.98. The molecule has 39 heavy (non-hydrogen) atoms. The van der Waals surface area contributed by atoms with Gasteiger partial charge in [-0.25, -0.2) is 0 Å². The second-order valence-electron chi connectivity index (χ2n) is 10.2. The molecular formula is C33H29NO5. The molecule has 4 aromatic rings. The Morgan fingerprint density at radius 3 is 2.49 bits per heavy atom. The summed E-state index contributed by atoms with van der Waals surface area (Å²) in [6, 6.07) is 30.2. The van der Waals surface area contributed by atoms with E-state index in [0.717, 1.165) is 27.8 Å². The summed E-state index contributed by atoms with van der Waals surface area (Å²) in [5.74, 6) is 0.584. The number of carboxylic acids is 1. The lowest BCUT2D eigenvalue weighted by Gasteiger charge is -2.15. The van der Waals surface area contributed by atoms with Gasteiger partial charge in [-0.1, -0.05) is 66.7 Å². The molecule has 1 amide bonds. The third-order valence-corrected chi connectivity index (χ3v) is 7.43. The zero-order valence-electron chi connectivity index (χ0n) is 21.5. The van der Waals surface area contributed by atoms with Crippen LogP contribution in [0.4, 0.5) is 0 Å². The van der Waals surface area contributed by atoms with E-state index < -0.39 is 5.97 Å². The minimum Gasteiger partial charge on any atom is -0.492 e. The van der Waals surface area contributed by atoms with Crippen LogP contribution in [-0.2, 0) is 35.7 Å². The molecule has 0 aliphatic carbocycles. The third-order valence-electron chi connectivity index (χ3n) is 7.43. The van der Waals surface area contributed by atoms with Gasteiger partial charge in [-0.15, -0.1) is 0 Å². The van der Waals surface area contributed by atoms with Gasteiger partial charge in [-0.2, -0.15) is 0 Å². The fraction of sp³-hybridized carbons (Fsp3) is 0.212. The van der Waals surface area contributed by atoms with E-state index in [1.165, 1.54) is 11.1 Å². The summed E-state index contributed by atoms with van der Waals surface area (Å²) < 4.78 is 11.7. The van der Waals surface area contributed by atoms with Gasteiger partial charge in [-0.3, -0.25) is 9.59 Å². The average Bonchev–Trinajstić information content (AvgIpc) is 3.56. The number of amides is 1. The van der Waals surface area contributed by atoms with Gasteiger partial charge in [0.2, 0.25) is 5.91 Å². The fourth-order valence-corrected chi connectivity index (χ4v) is 5.37. The Balaban J connectivity index is 1.10. The monoisotopic (exact) mass is 519 g/mol. The molecule has 0 aromatic heterocycles. The lowest BCUT2D eigenvalue weighted by molar-refractivity contribution is -0.137. The van der Waals surface area contributed by atoms with E-state index in [0.29, 0.717) is 44.2 Å². The van der Waals surface area contributed by atoms with E-state index >= 15 is 0 Å². The van der Waals surface area contributed by atoms with E-state index in [1.807, 2.05) is 65.6 Å². The van der Waals surface area contributed by atoms with E-state index in [-0.39, 0.29) is 18.2 Å². The van der Waals surface area contributed by atoms with Crippen LogP contribution in [0.5, 0.6) is 11.5 Å². The van der Waals surface area contributed by atoms with Crippen LogP contribution in [0.25, 0.3) is 11.1 Å². The predicted octanol–water partition coefficient (Wildman–Crippen LogP) is 5.97. The number of benzene rings is 4. The van der Waals surface area contributed by atoms with Crippen molar-refractivity contribution >= 4 is 11.9 Å². The summed E-state index contributed by atoms with van der Waals surface area (Å²) in [4.78, 5) is 25.9. The SMILES string of the molecule is O=C(O)C[C@@H]1COc2cc(OCc3cccc(-c4ccc5c(c4)CN(C(=O)Cc4ccccc4)C5)c3)ccc21. The first-order valence-corrected chi connectivity index (χ1v) is 13.2. The van der Waals surface area contributed by atoms with Crippen LogP contribution in [0, 0.1) is 0 Å². The molecule has 0 spiro atoms. The molecule has 6 nitrogen and oxygen atoms in total. The van der Waals surface area contributed by atoms with Crippen LogP contribution in [0.1, 0.15) is 40.2 Å². The number of carbonyl (C=O) groups is 2. The molecule has 2 heterocycles. The van der Waals surface area contributed by atoms with Crippen molar-refractivity contribution in [3.8, 4) is 22.6 Å². The average molecular weight is 520 g/mol. The summed E-state index contributed by atoms with van der Waals surface area (Å²) in [7, 11) is 0. The van der Waals surface area contributed by atoms with Crippen molar-refractivity contribution in [2.45, 2.75) is 38.5 Å². The molecule has 0 fully saturated rings. The maximum Gasteiger partial charge on any atom is 0.304 e. The van der Waals surface area contributed by atoms with Crippen LogP contribution < -0.4 is 9.47 Å². The zero-order chi connectivity index (χ0) is 26.8. The highest BCUT2D eigenvalue weighted by molar-refractivity contribution is 5.80. The van der Waals surface area contributed by atoms with Crippen molar-refractivity contribution in [3.63, 3.8) is 0 Å². The van der Waals surface area contributed by atoms with E-state index in [2.05, 4.69) is 30.3 Å². The summed E-state index contributed by atoms with van der Waals surface area (Å²) in [5.41, 5.74) is 7.60. The molecule has 6 heteroatoms. The van der Waals surface area contributed by atoms with Gasteiger partial charge in [0.25, 0.3) is 0 Å². The summed E-state index contributed by atoms with van der Waals surface area (Å²) in [6.07, 6.45) is 0.480. The van der Waals surface area contributed by atoms with Crippen molar-refractivity contribution in [2.75, 3.05) is 6.61 Å².